The Balaban J connectivity index is 1.90. The molecule has 0 radical (unpaired) electrons. The second-order valence-electron chi connectivity index (χ2n) is 5.00. The number of ether oxygens (including phenoxy) is 1. The van der Waals surface area contributed by atoms with Gasteiger partial charge in [-0.1, -0.05) is 24.3 Å². The van der Waals surface area contributed by atoms with E-state index < -0.39 is 0 Å². The average Bonchev–Trinajstić information content (AvgIpc) is 2.98. The van der Waals surface area contributed by atoms with Crippen LogP contribution in [-0.4, -0.2) is 16.7 Å². The number of fused-ring (bicyclic) bond motifs is 2. The Morgan fingerprint density at radius 2 is 1.81 bits per heavy atom. The van der Waals surface area contributed by atoms with Gasteiger partial charge < -0.3 is 9.30 Å². The lowest BCUT2D eigenvalue weighted by molar-refractivity contribution is 0.415. The number of para-hydroxylation sites is 1. The maximum Gasteiger partial charge on any atom is 0.137 e. The molecule has 0 N–H and O–H groups in total. The molecule has 0 atom stereocenters. The van der Waals surface area contributed by atoms with Gasteiger partial charge in [0.05, 0.1) is 12.6 Å². The van der Waals surface area contributed by atoms with E-state index in [1.807, 2.05) is 30.5 Å². The highest BCUT2D eigenvalue weighted by Crippen LogP contribution is 2.24. The zero-order valence-electron chi connectivity index (χ0n) is 11.7. The lowest BCUT2D eigenvalue weighted by Crippen LogP contribution is -1.95. The minimum Gasteiger partial charge on any atom is -0.497 e. The summed E-state index contributed by atoms with van der Waals surface area (Å²) in [4.78, 5) is 4.58. The van der Waals surface area contributed by atoms with Crippen LogP contribution in [0.5, 0.6) is 5.75 Å². The third-order valence-electron chi connectivity index (χ3n) is 3.76. The fraction of sp³-hybridized carbons (Fsp3) is 0.0556. The van der Waals surface area contributed by atoms with E-state index in [4.69, 9.17) is 4.74 Å². The van der Waals surface area contributed by atoms with Crippen molar-refractivity contribution in [1.82, 2.24) is 9.55 Å². The van der Waals surface area contributed by atoms with Crippen molar-refractivity contribution in [2.24, 2.45) is 0 Å². The molecule has 0 saturated carbocycles. The molecule has 3 heteroatoms. The largest absolute Gasteiger partial charge is 0.497 e. The molecule has 0 saturated heterocycles. The standard InChI is InChI=1S/C18H14N2O/c1-21-16-7-6-14-11-18(19-12-15(14)10-16)20-9-8-13-4-2-3-5-17(13)20/h2-12H,1H3. The minimum atomic E-state index is 0.850. The molecule has 2 aromatic heterocycles. The Labute approximate surface area is 122 Å². The first-order valence-corrected chi connectivity index (χ1v) is 6.85. The van der Waals surface area contributed by atoms with Gasteiger partial charge in [-0.25, -0.2) is 4.98 Å². The summed E-state index contributed by atoms with van der Waals surface area (Å²) in [5.74, 6) is 1.78. The van der Waals surface area contributed by atoms with Crippen molar-refractivity contribution >= 4 is 21.7 Å². The van der Waals surface area contributed by atoms with Gasteiger partial charge in [-0.3, -0.25) is 0 Å². The molecule has 0 fully saturated rings. The predicted octanol–water partition coefficient (Wildman–Crippen LogP) is 4.19. The molecular formula is C18H14N2O. The highest BCUT2D eigenvalue weighted by molar-refractivity contribution is 5.86. The Bertz CT molecular complexity index is 940. The molecule has 21 heavy (non-hydrogen) atoms. The van der Waals surface area contributed by atoms with Crippen LogP contribution >= 0.6 is 0 Å². The summed E-state index contributed by atoms with van der Waals surface area (Å²) in [7, 11) is 1.68. The molecule has 0 unspecified atom stereocenters. The Hall–Kier alpha value is -2.81. The van der Waals surface area contributed by atoms with Gasteiger partial charge in [0.1, 0.15) is 11.6 Å². The molecule has 4 aromatic rings. The minimum absolute atomic E-state index is 0.850. The third-order valence-corrected chi connectivity index (χ3v) is 3.76. The van der Waals surface area contributed by atoms with E-state index in [1.54, 1.807) is 7.11 Å². The van der Waals surface area contributed by atoms with Crippen molar-refractivity contribution in [2.75, 3.05) is 7.11 Å². The molecule has 102 valence electrons. The third kappa shape index (κ3) is 1.94. The Kier molecular flexibility index (Phi) is 2.64. The van der Waals surface area contributed by atoms with Crippen LogP contribution in [0.4, 0.5) is 0 Å². The molecule has 0 aliphatic carbocycles. The number of hydrogen-bond acceptors (Lipinski definition) is 2. The highest BCUT2D eigenvalue weighted by atomic mass is 16.5. The summed E-state index contributed by atoms with van der Waals surface area (Å²) < 4.78 is 7.36. The lowest BCUT2D eigenvalue weighted by Gasteiger charge is -2.07. The van der Waals surface area contributed by atoms with Gasteiger partial charge in [0, 0.05) is 17.8 Å². The van der Waals surface area contributed by atoms with Crippen LogP contribution in [0.25, 0.3) is 27.5 Å². The highest BCUT2D eigenvalue weighted by Gasteiger charge is 2.05. The number of pyridine rings is 1. The summed E-state index contributed by atoms with van der Waals surface area (Å²) in [6, 6.07) is 18.5. The molecule has 0 spiro atoms. The number of aromatic nitrogens is 2. The SMILES string of the molecule is COc1ccc2cc(-n3ccc4ccccc43)ncc2c1. The molecule has 2 aromatic carbocycles. The number of rotatable bonds is 2. The molecule has 0 bridgehead atoms. The zero-order chi connectivity index (χ0) is 14.2. The normalized spacial score (nSPS) is 11.1. The first kappa shape index (κ1) is 12.0. The van der Waals surface area contributed by atoms with Gasteiger partial charge in [0.25, 0.3) is 0 Å². The summed E-state index contributed by atoms with van der Waals surface area (Å²) in [6.45, 7) is 0. The van der Waals surface area contributed by atoms with Crippen LogP contribution in [0.1, 0.15) is 0 Å². The maximum absolute atomic E-state index is 5.25. The molecule has 2 heterocycles. The van der Waals surface area contributed by atoms with Crippen LogP contribution in [0, 0.1) is 0 Å². The van der Waals surface area contributed by atoms with Crippen molar-refractivity contribution < 1.29 is 4.74 Å². The zero-order valence-corrected chi connectivity index (χ0v) is 11.7. The fourth-order valence-corrected chi connectivity index (χ4v) is 2.65. The van der Waals surface area contributed by atoms with E-state index in [2.05, 4.69) is 46.1 Å². The monoisotopic (exact) mass is 274 g/mol. The van der Waals surface area contributed by atoms with Gasteiger partial charge in [0.15, 0.2) is 0 Å². The second-order valence-corrected chi connectivity index (χ2v) is 5.00. The van der Waals surface area contributed by atoms with E-state index in [0.29, 0.717) is 0 Å². The first-order chi connectivity index (χ1) is 10.3. The summed E-state index contributed by atoms with van der Waals surface area (Å²) in [6.07, 6.45) is 3.95. The van der Waals surface area contributed by atoms with Gasteiger partial charge in [-0.2, -0.15) is 0 Å². The quantitative estimate of drug-likeness (QED) is 0.548. The van der Waals surface area contributed by atoms with Crippen LogP contribution in [-0.2, 0) is 0 Å². The molecular weight excluding hydrogens is 260 g/mol. The van der Waals surface area contributed by atoms with Crippen LogP contribution in [0.2, 0.25) is 0 Å². The van der Waals surface area contributed by atoms with E-state index in [9.17, 15) is 0 Å². The predicted molar refractivity (Wildman–Crippen MR) is 85.1 cm³/mol. The Morgan fingerprint density at radius 1 is 0.905 bits per heavy atom. The number of nitrogens with zero attached hydrogens (tertiary/aromatic N) is 2. The second kappa shape index (κ2) is 4.63. The van der Waals surface area contributed by atoms with Gasteiger partial charge in [-0.05, 0) is 41.1 Å². The van der Waals surface area contributed by atoms with Crippen LogP contribution in [0.3, 0.4) is 0 Å². The first-order valence-electron chi connectivity index (χ1n) is 6.85. The number of hydrogen-bond donors (Lipinski definition) is 0. The van der Waals surface area contributed by atoms with E-state index >= 15 is 0 Å². The maximum atomic E-state index is 5.25. The summed E-state index contributed by atoms with van der Waals surface area (Å²) >= 11 is 0. The van der Waals surface area contributed by atoms with Crippen LogP contribution < -0.4 is 4.74 Å². The molecule has 4 rings (SSSR count). The number of methoxy groups -OCH3 is 1. The molecule has 3 nitrogen and oxygen atoms in total. The topological polar surface area (TPSA) is 27.1 Å². The number of benzene rings is 2. The van der Waals surface area contributed by atoms with Crippen molar-refractivity contribution in [3.05, 3.63) is 67.0 Å². The van der Waals surface area contributed by atoms with Crippen molar-refractivity contribution in [3.63, 3.8) is 0 Å². The Morgan fingerprint density at radius 3 is 2.71 bits per heavy atom. The molecule has 0 amide bonds. The molecule has 0 aliphatic heterocycles. The van der Waals surface area contributed by atoms with E-state index in [0.717, 1.165) is 27.9 Å². The van der Waals surface area contributed by atoms with Crippen molar-refractivity contribution in [3.8, 4) is 11.6 Å². The van der Waals surface area contributed by atoms with Crippen LogP contribution in [0.15, 0.2) is 67.0 Å². The van der Waals surface area contributed by atoms with Gasteiger partial charge in [-0.15, -0.1) is 0 Å². The molecule has 0 aliphatic rings. The smallest absolute Gasteiger partial charge is 0.137 e. The van der Waals surface area contributed by atoms with Crippen molar-refractivity contribution in [1.29, 1.82) is 0 Å². The average molecular weight is 274 g/mol. The van der Waals surface area contributed by atoms with Gasteiger partial charge in [0.2, 0.25) is 0 Å². The van der Waals surface area contributed by atoms with E-state index in [1.165, 1.54) is 5.39 Å². The van der Waals surface area contributed by atoms with E-state index in [-0.39, 0.29) is 0 Å². The van der Waals surface area contributed by atoms with Crippen molar-refractivity contribution in [2.45, 2.75) is 0 Å². The fourth-order valence-electron chi connectivity index (χ4n) is 2.65. The lowest BCUT2D eigenvalue weighted by atomic mass is 10.1. The summed E-state index contributed by atoms with van der Waals surface area (Å²) in [5, 5.41) is 3.45. The summed E-state index contributed by atoms with van der Waals surface area (Å²) in [5.41, 5.74) is 1.16. The van der Waals surface area contributed by atoms with Gasteiger partial charge >= 0.3 is 0 Å².